The molecule has 0 aromatic carbocycles. The van der Waals surface area contributed by atoms with E-state index < -0.39 is 7.37 Å². The summed E-state index contributed by atoms with van der Waals surface area (Å²) in [5.41, 5.74) is 0. The van der Waals surface area contributed by atoms with Crippen LogP contribution in [0.3, 0.4) is 0 Å². The van der Waals surface area contributed by atoms with Crippen molar-refractivity contribution in [1.82, 2.24) is 0 Å². The molecule has 4 heteroatoms. The smallest absolute Gasteiger partial charge is 0.310 e. The lowest BCUT2D eigenvalue weighted by Gasteiger charge is -2.18. The van der Waals surface area contributed by atoms with Crippen LogP contribution in [-0.2, 0) is 13.9 Å². The van der Waals surface area contributed by atoms with Crippen molar-refractivity contribution in [1.29, 1.82) is 0 Å². The standard InChI is InChI=1S/C16H33O3P/c1-4-7-9-11-14-20(18,15-12-10-8-5-2)19-16(17)13-6-3/h4-15H2,1-3H3. The van der Waals surface area contributed by atoms with Gasteiger partial charge in [0.25, 0.3) is 7.37 Å². The van der Waals surface area contributed by atoms with E-state index in [1.54, 1.807) is 0 Å². The topological polar surface area (TPSA) is 43.4 Å². The summed E-state index contributed by atoms with van der Waals surface area (Å²) >= 11 is 0. The zero-order valence-electron chi connectivity index (χ0n) is 13.7. The largest absolute Gasteiger partial charge is 0.412 e. The Labute approximate surface area is 125 Å². The third-order valence-electron chi connectivity index (χ3n) is 3.43. The van der Waals surface area contributed by atoms with Gasteiger partial charge in [-0.1, -0.05) is 59.3 Å². The normalized spacial score (nSPS) is 11.6. The van der Waals surface area contributed by atoms with Crippen LogP contribution in [0, 0.1) is 0 Å². The first-order chi connectivity index (χ1) is 9.58. The van der Waals surface area contributed by atoms with Gasteiger partial charge in [0.1, 0.15) is 0 Å². The van der Waals surface area contributed by atoms with Gasteiger partial charge in [0, 0.05) is 18.7 Å². The number of rotatable bonds is 13. The summed E-state index contributed by atoms with van der Waals surface area (Å²) in [5, 5.41) is 0. The maximum Gasteiger partial charge on any atom is 0.310 e. The van der Waals surface area contributed by atoms with Gasteiger partial charge in [-0.15, -0.1) is 0 Å². The molecule has 0 aliphatic carbocycles. The maximum absolute atomic E-state index is 12.8. The SMILES string of the molecule is CCCCCCP(=O)(CCCCCC)OC(=O)CCC. The maximum atomic E-state index is 12.8. The molecule has 0 N–H and O–H groups in total. The van der Waals surface area contributed by atoms with Crippen molar-refractivity contribution in [3.05, 3.63) is 0 Å². The molecule has 0 aromatic heterocycles. The van der Waals surface area contributed by atoms with Crippen molar-refractivity contribution in [2.45, 2.75) is 85.0 Å². The van der Waals surface area contributed by atoms with E-state index in [2.05, 4.69) is 13.8 Å². The van der Waals surface area contributed by atoms with Crippen LogP contribution in [0.1, 0.15) is 85.0 Å². The summed E-state index contributed by atoms with van der Waals surface area (Å²) in [6.45, 7) is 6.26. The number of carbonyl (C=O) groups excluding carboxylic acids is 1. The minimum Gasteiger partial charge on any atom is -0.412 e. The molecule has 3 nitrogen and oxygen atoms in total. The zero-order valence-corrected chi connectivity index (χ0v) is 14.6. The fraction of sp³-hybridized carbons (Fsp3) is 0.938. The van der Waals surface area contributed by atoms with E-state index in [1.165, 1.54) is 12.8 Å². The third kappa shape index (κ3) is 10.5. The highest BCUT2D eigenvalue weighted by molar-refractivity contribution is 7.59. The van der Waals surface area contributed by atoms with Gasteiger partial charge in [0.05, 0.1) is 0 Å². The Morgan fingerprint density at radius 3 is 1.70 bits per heavy atom. The molecule has 0 atom stereocenters. The summed E-state index contributed by atoms with van der Waals surface area (Å²) in [4.78, 5) is 11.6. The lowest BCUT2D eigenvalue weighted by molar-refractivity contribution is -0.134. The summed E-state index contributed by atoms with van der Waals surface area (Å²) in [6.07, 6.45) is 10.9. The second-order valence-electron chi connectivity index (χ2n) is 5.60. The van der Waals surface area contributed by atoms with Gasteiger partial charge in [-0.25, -0.2) is 0 Å². The van der Waals surface area contributed by atoms with Gasteiger partial charge >= 0.3 is 5.97 Å². The van der Waals surface area contributed by atoms with Crippen molar-refractivity contribution in [2.75, 3.05) is 12.3 Å². The molecular formula is C16H33O3P. The lowest BCUT2D eigenvalue weighted by Crippen LogP contribution is -2.07. The number of hydrogen-bond acceptors (Lipinski definition) is 3. The van der Waals surface area contributed by atoms with Crippen LogP contribution in [0.2, 0.25) is 0 Å². The molecule has 0 aliphatic rings. The molecule has 0 aliphatic heterocycles. The van der Waals surface area contributed by atoms with Gasteiger partial charge in [-0.2, -0.15) is 0 Å². The van der Waals surface area contributed by atoms with Gasteiger partial charge < -0.3 is 4.52 Å². The van der Waals surface area contributed by atoms with Crippen molar-refractivity contribution in [3.8, 4) is 0 Å². The molecule has 0 saturated carbocycles. The van der Waals surface area contributed by atoms with E-state index in [0.717, 1.165) is 44.9 Å². The second-order valence-corrected chi connectivity index (χ2v) is 8.30. The average molecular weight is 304 g/mol. The summed E-state index contributed by atoms with van der Waals surface area (Å²) in [7, 11) is -2.74. The van der Waals surface area contributed by atoms with E-state index >= 15 is 0 Å². The van der Waals surface area contributed by atoms with E-state index in [0.29, 0.717) is 18.7 Å². The van der Waals surface area contributed by atoms with Gasteiger partial charge in [0.2, 0.25) is 0 Å². The molecule has 0 heterocycles. The van der Waals surface area contributed by atoms with Gasteiger partial charge in [0.15, 0.2) is 0 Å². The molecule has 0 bridgehead atoms. The molecule has 0 spiro atoms. The zero-order chi connectivity index (χ0) is 15.3. The fourth-order valence-electron chi connectivity index (χ4n) is 2.20. The summed E-state index contributed by atoms with van der Waals surface area (Å²) < 4.78 is 18.1. The Balaban J connectivity index is 4.26. The Morgan fingerprint density at radius 2 is 1.30 bits per heavy atom. The first-order valence-corrected chi connectivity index (χ1v) is 10.4. The lowest BCUT2D eigenvalue weighted by atomic mass is 10.2. The fourth-order valence-corrected chi connectivity index (χ4v) is 4.48. The van der Waals surface area contributed by atoms with Crippen LogP contribution >= 0.6 is 7.37 Å². The Hall–Kier alpha value is -0.300. The van der Waals surface area contributed by atoms with Crippen molar-refractivity contribution < 1.29 is 13.9 Å². The van der Waals surface area contributed by atoms with Gasteiger partial charge in [-0.05, 0) is 19.3 Å². The highest BCUT2D eigenvalue weighted by atomic mass is 31.2. The molecular weight excluding hydrogens is 271 g/mol. The molecule has 0 unspecified atom stereocenters. The molecule has 0 aromatic rings. The first-order valence-electron chi connectivity index (χ1n) is 8.38. The van der Waals surface area contributed by atoms with E-state index in [1.807, 2.05) is 6.92 Å². The van der Waals surface area contributed by atoms with E-state index in [-0.39, 0.29) is 5.97 Å². The first kappa shape index (κ1) is 19.7. The predicted molar refractivity (Wildman–Crippen MR) is 86.6 cm³/mol. The molecule has 20 heavy (non-hydrogen) atoms. The Bertz CT molecular complexity index is 273. The Kier molecular flexibility index (Phi) is 12.3. The van der Waals surface area contributed by atoms with Crippen LogP contribution in [0.25, 0.3) is 0 Å². The van der Waals surface area contributed by atoms with Crippen molar-refractivity contribution in [2.24, 2.45) is 0 Å². The van der Waals surface area contributed by atoms with E-state index in [9.17, 15) is 9.36 Å². The average Bonchev–Trinajstić information content (AvgIpc) is 2.40. The quantitative estimate of drug-likeness (QED) is 0.320. The molecule has 0 radical (unpaired) electrons. The molecule has 120 valence electrons. The molecule has 0 fully saturated rings. The van der Waals surface area contributed by atoms with Crippen LogP contribution in [0.4, 0.5) is 0 Å². The summed E-state index contributed by atoms with van der Waals surface area (Å²) in [5.74, 6) is -0.276. The number of hydrogen-bond donors (Lipinski definition) is 0. The van der Waals surface area contributed by atoms with Crippen molar-refractivity contribution in [3.63, 3.8) is 0 Å². The number of unbranched alkanes of at least 4 members (excludes halogenated alkanes) is 6. The minimum absolute atomic E-state index is 0.276. The highest BCUT2D eigenvalue weighted by Crippen LogP contribution is 2.49. The second kappa shape index (κ2) is 12.4. The highest BCUT2D eigenvalue weighted by Gasteiger charge is 2.25. The van der Waals surface area contributed by atoms with Crippen LogP contribution in [0.5, 0.6) is 0 Å². The summed E-state index contributed by atoms with van der Waals surface area (Å²) in [6, 6.07) is 0. The van der Waals surface area contributed by atoms with Crippen LogP contribution in [0.15, 0.2) is 0 Å². The monoisotopic (exact) mass is 304 g/mol. The molecule has 0 saturated heterocycles. The third-order valence-corrected chi connectivity index (χ3v) is 5.96. The predicted octanol–water partition coefficient (Wildman–Crippen LogP) is 5.77. The van der Waals surface area contributed by atoms with E-state index in [4.69, 9.17) is 4.52 Å². The van der Waals surface area contributed by atoms with Crippen LogP contribution in [-0.4, -0.2) is 18.3 Å². The number of carbonyl (C=O) groups is 1. The Morgan fingerprint density at radius 1 is 0.800 bits per heavy atom. The van der Waals surface area contributed by atoms with Crippen LogP contribution < -0.4 is 0 Å². The molecule has 0 rings (SSSR count). The van der Waals surface area contributed by atoms with Crippen molar-refractivity contribution >= 4 is 13.3 Å². The molecule has 0 amide bonds. The van der Waals surface area contributed by atoms with Gasteiger partial charge in [-0.3, -0.25) is 9.36 Å². The minimum atomic E-state index is -2.74.